The normalized spacial score (nSPS) is 7.29. The minimum atomic E-state index is -0.372. The average molecular weight is 115 g/mol. The zero-order valence-corrected chi connectivity index (χ0v) is 4.49. The van der Waals surface area contributed by atoms with Gasteiger partial charge in [0, 0.05) is 0 Å². The monoisotopic (exact) mass is 115 g/mol. The summed E-state index contributed by atoms with van der Waals surface area (Å²) in [5.74, 6) is -0.154. The van der Waals surface area contributed by atoms with Crippen molar-refractivity contribution < 1.29 is 4.79 Å². The molecule has 0 saturated carbocycles. The molecule has 2 nitrogen and oxygen atoms in total. The lowest BCUT2D eigenvalue weighted by Gasteiger charge is -1.81. The highest BCUT2D eigenvalue weighted by Crippen LogP contribution is 1.91. The molecule has 0 saturated heterocycles. The van der Waals surface area contributed by atoms with Crippen LogP contribution in [-0.2, 0) is 4.79 Å². The molecule has 0 bridgehead atoms. The summed E-state index contributed by atoms with van der Waals surface area (Å²) in [6, 6.07) is 0. The van der Waals surface area contributed by atoms with Gasteiger partial charge in [-0.1, -0.05) is 11.8 Å². The lowest BCUT2D eigenvalue weighted by Crippen LogP contribution is -2.12. The quantitative estimate of drug-likeness (QED) is 0.506. The van der Waals surface area contributed by atoms with E-state index >= 15 is 0 Å². The van der Waals surface area contributed by atoms with Crippen molar-refractivity contribution in [1.29, 1.82) is 0 Å². The summed E-state index contributed by atoms with van der Waals surface area (Å²) >= 11 is 1.07. The predicted octanol–water partition coefficient (Wildman–Crippen LogP) is -0.204. The first-order valence-electron chi connectivity index (χ1n) is 1.63. The van der Waals surface area contributed by atoms with E-state index in [2.05, 4.69) is 5.25 Å². The van der Waals surface area contributed by atoms with Crippen LogP contribution in [0, 0.1) is 11.7 Å². The Labute approximate surface area is 46.5 Å². The highest BCUT2D eigenvalue weighted by molar-refractivity contribution is 8.04. The van der Waals surface area contributed by atoms with Gasteiger partial charge in [0.25, 0.3) is 0 Å². The molecule has 7 heavy (non-hydrogen) atoms. The fourth-order valence-corrected chi connectivity index (χ4v) is 0.338. The molecule has 0 radical (unpaired) electrons. The summed E-state index contributed by atoms with van der Waals surface area (Å²) in [5.41, 5.74) is 4.72. The third-order valence-electron chi connectivity index (χ3n) is 0.298. The molecular weight excluding hydrogens is 110 g/mol. The number of hydrogen-bond donors (Lipinski definition) is 1. The number of carbonyl (C=O) groups is 1. The summed E-state index contributed by atoms with van der Waals surface area (Å²) in [4.78, 5) is 9.86. The summed E-state index contributed by atoms with van der Waals surface area (Å²) in [6.07, 6.45) is 4.78. The molecule has 0 aliphatic heterocycles. The molecule has 0 aromatic carbocycles. The zero-order chi connectivity index (χ0) is 5.70. The smallest absolute Gasteiger partial charge is 0.228 e. The Morgan fingerprint density at radius 1 is 2.00 bits per heavy atom. The number of amides is 1. The second-order valence-corrected chi connectivity index (χ2v) is 1.69. The van der Waals surface area contributed by atoms with Gasteiger partial charge in [0.2, 0.25) is 5.91 Å². The Hall–Kier alpha value is -0.620. The third-order valence-corrected chi connectivity index (χ3v) is 0.893. The second-order valence-electron chi connectivity index (χ2n) is 0.873. The maximum Gasteiger partial charge on any atom is 0.228 e. The Morgan fingerprint density at radius 3 is 2.71 bits per heavy atom. The summed E-state index contributed by atoms with van der Waals surface area (Å²) in [6.45, 7) is 0. The van der Waals surface area contributed by atoms with E-state index in [0.29, 0.717) is 0 Å². The van der Waals surface area contributed by atoms with Gasteiger partial charge in [-0.2, -0.15) is 0 Å². The maximum atomic E-state index is 9.86. The van der Waals surface area contributed by atoms with Crippen molar-refractivity contribution in [2.45, 2.75) is 0 Å². The van der Waals surface area contributed by atoms with Crippen molar-refractivity contribution in [2.24, 2.45) is 5.73 Å². The summed E-state index contributed by atoms with van der Waals surface area (Å²) < 4.78 is 0. The van der Waals surface area contributed by atoms with Gasteiger partial charge < -0.3 is 5.73 Å². The van der Waals surface area contributed by atoms with E-state index in [1.54, 1.807) is 0 Å². The molecule has 2 N–H and O–H groups in total. The van der Waals surface area contributed by atoms with Gasteiger partial charge in [0.05, 0.1) is 5.75 Å². The van der Waals surface area contributed by atoms with Gasteiger partial charge in [-0.15, -0.1) is 6.42 Å². The SMILES string of the molecule is C#CSCC(N)=O. The molecule has 0 heterocycles. The van der Waals surface area contributed by atoms with Crippen LogP contribution in [0.4, 0.5) is 0 Å². The van der Waals surface area contributed by atoms with Crippen molar-refractivity contribution in [1.82, 2.24) is 0 Å². The fraction of sp³-hybridized carbons (Fsp3) is 0.250. The van der Waals surface area contributed by atoms with Crippen molar-refractivity contribution in [3.05, 3.63) is 0 Å². The van der Waals surface area contributed by atoms with E-state index in [1.165, 1.54) is 0 Å². The van der Waals surface area contributed by atoms with E-state index in [0.717, 1.165) is 11.8 Å². The summed E-state index contributed by atoms with van der Waals surface area (Å²) in [5, 5.41) is 2.21. The minimum Gasteiger partial charge on any atom is -0.369 e. The average Bonchev–Trinajstić information content (AvgIpc) is 1.61. The Bertz CT molecular complexity index is 105. The standard InChI is InChI=1S/C4H5NOS/c1-2-7-3-4(5)6/h1H,3H2,(H2,5,6). The third kappa shape index (κ3) is 5.38. The van der Waals surface area contributed by atoms with Crippen LogP contribution in [0.1, 0.15) is 0 Å². The van der Waals surface area contributed by atoms with Gasteiger partial charge in [0.1, 0.15) is 0 Å². The van der Waals surface area contributed by atoms with Gasteiger partial charge in [-0.25, -0.2) is 0 Å². The lowest BCUT2D eigenvalue weighted by atomic mass is 10.8. The van der Waals surface area contributed by atoms with Gasteiger partial charge in [-0.05, 0) is 5.25 Å². The highest BCUT2D eigenvalue weighted by atomic mass is 32.2. The molecule has 0 aromatic rings. The minimum absolute atomic E-state index is 0.219. The highest BCUT2D eigenvalue weighted by Gasteiger charge is 1.87. The Morgan fingerprint density at radius 2 is 2.57 bits per heavy atom. The number of thioether (sulfide) groups is 1. The Balaban J connectivity index is 3.02. The van der Waals surface area contributed by atoms with Crippen LogP contribution in [0.3, 0.4) is 0 Å². The number of nitrogens with two attached hydrogens (primary N) is 1. The molecule has 3 heteroatoms. The number of rotatable bonds is 2. The molecule has 0 rings (SSSR count). The number of carbonyl (C=O) groups excluding carboxylic acids is 1. The summed E-state index contributed by atoms with van der Waals surface area (Å²) in [7, 11) is 0. The van der Waals surface area contributed by atoms with Crippen LogP contribution in [0.5, 0.6) is 0 Å². The molecule has 0 spiro atoms. The first-order chi connectivity index (χ1) is 3.27. The zero-order valence-electron chi connectivity index (χ0n) is 3.68. The van der Waals surface area contributed by atoms with E-state index in [9.17, 15) is 4.79 Å². The largest absolute Gasteiger partial charge is 0.369 e. The molecule has 0 unspecified atom stereocenters. The fourth-order valence-electron chi connectivity index (χ4n) is 0.113. The molecule has 0 aromatic heterocycles. The number of hydrogen-bond acceptors (Lipinski definition) is 2. The van der Waals surface area contributed by atoms with Gasteiger partial charge in [-0.3, -0.25) is 4.79 Å². The predicted molar refractivity (Wildman–Crippen MR) is 30.5 cm³/mol. The molecule has 0 atom stereocenters. The van der Waals surface area contributed by atoms with E-state index in [-0.39, 0.29) is 11.7 Å². The first-order valence-corrected chi connectivity index (χ1v) is 2.61. The van der Waals surface area contributed by atoms with Crippen molar-refractivity contribution >= 4 is 17.7 Å². The molecule has 0 fully saturated rings. The molecule has 1 amide bonds. The van der Waals surface area contributed by atoms with Gasteiger partial charge in [0.15, 0.2) is 0 Å². The van der Waals surface area contributed by atoms with Crippen LogP contribution < -0.4 is 5.73 Å². The Kier molecular flexibility index (Phi) is 3.25. The maximum absolute atomic E-state index is 9.86. The molecular formula is C4H5NOS. The molecule has 38 valence electrons. The topological polar surface area (TPSA) is 43.1 Å². The molecule has 0 aliphatic rings. The molecule has 0 aliphatic carbocycles. The van der Waals surface area contributed by atoms with Crippen molar-refractivity contribution in [2.75, 3.05) is 5.75 Å². The van der Waals surface area contributed by atoms with Crippen LogP contribution in [0.25, 0.3) is 0 Å². The number of terminal acetylenes is 1. The van der Waals surface area contributed by atoms with Crippen LogP contribution in [0.2, 0.25) is 0 Å². The number of primary amides is 1. The van der Waals surface area contributed by atoms with Crippen LogP contribution in [-0.4, -0.2) is 11.7 Å². The second kappa shape index (κ2) is 3.57. The van der Waals surface area contributed by atoms with Crippen LogP contribution >= 0.6 is 11.8 Å². The van der Waals surface area contributed by atoms with Crippen molar-refractivity contribution in [3.63, 3.8) is 0 Å². The lowest BCUT2D eigenvalue weighted by molar-refractivity contribution is -0.115. The van der Waals surface area contributed by atoms with Crippen molar-refractivity contribution in [3.8, 4) is 11.7 Å². The van der Waals surface area contributed by atoms with Crippen LogP contribution in [0.15, 0.2) is 0 Å². The van der Waals surface area contributed by atoms with E-state index in [4.69, 9.17) is 12.2 Å². The van der Waals surface area contributed by atoms with Gasteiger partial charge >= 0.3 is 0 Å². The van der Waals surface area contributed by atoms with E-state index in [1.807, 2.05) is 0 Å². The van der Waals surface area contributed by atoms with E-state index < -0.39 is 0 Å². The first kappa shape index (κ1) is 6.38.